The van der Waals surface area contributed by atoms with Crippen LogP contribution >= 0.6 is 12.4 Å². The van der Waals surface area contributed by atoms with E-state index in [1.807, 2.05) is 0 Å². The lowest BCUT2D eigenvalue weighted by atomic mass is 9.88. The summed E-state index contributed by atoms with van der Waals surface area (Å²) in [5.74, 6) is -0.768. The van der Waals surface area contributed by atoms with Crippen LogP contribution in [0, 0.1) is 0 Å². The molecule has 0 radical (unpaired) electrons. The van der Waals surface area contributed by atoms with E-state index in [9.17, 15) is 18.0 Å². The smallest absolute Gasteiger partial charge is 0.417 e. The Bertz CT molecular complexity index is 499. The lowest BCUT2D eigenvalue weighted by Crippen LogP contribution is -2.27. The maximum atomic E-state index is 12.9. The number of alkyl halides is 3. The predicted octanol–water partition coefficient (Wildman–Crippen LogP) is 3.38. The lowest BCUT2D eigenvalue weighted by Gasteiger charge is -2.24. The van der Waals surface area contributed by atoms with Gasteiger partial charge in [0.25, 0.3) is 0 Å². The van der Waals surface area contributed by atoms with Gasteiger partial charge in [-0.05, 0) is 49.5 Å². The Morgan fingerprint density at radius 3 is 2.43 bits per heavy atom. The number of halogens is 4. The van der Waals surface area contributed by atoms with Crippen molar-refractivity contribution in [1.29, 1.82) is 0 Å². The van der Waals surface area contributed by atoms with Crippen molar-refractivity contribution in [3.63, 3.8) is 0 Å². The number of methoxy groups -OCH3 is 1. The summed E-state index contributed by atoms with van der Waals surface area (Å²) in [5.41, 5.74) is -0.585. The van der Waals surface area contributed by atoms with E-state index in [1.54, 1.807) is 0 Å². The summed E-state index contributed by atoms with van der Waals surface area (Å²) in [5, 5.41) is 3.20. The molecule has 1 N–H and O–H groups in total. The minimum absolute atomic E-state index is 0. The molecule has 3 nitrogen and oxygen atoms in total. The monoisotopic (exact) mass is 323 g/mol. The first-order valence-corrected chi connectivity index (χ1v) is 6.43. The van der Waals surface area contributed by atoms with Crippen molar-refractivity contribution in [3.8, 4) is 0 Å². The van der Waals surface area contributed by atoms with Crippen molar-refractivity contribution in [2.45, 2.75) is 24.9 Å². The van der Waals surface area contributed by atoms with Crippen LogP contribution in [0.15, 0.2) is 18.2 Å². The molecule has 1 aromatic carbocycles. The van der Waals surface area contributed by atoms with Crippen molar-refractivity contribution in [3.05, 3.63) is 34.9 Å². The highest BCUT2D eigenvalue weighted by Gasteiger charge is 2.36. The van der Waals surface area contributed by atoms with E-state index in [0.717, 1.165) is 44.7 Å². The summed E-state index contributed by atoms with van der Waals surface area (Å²) >= 11 is 0. The molecule has 21 heavy (non-hydrogen) atoms. The number of carbonyl (C=O) groups excluding carboxylic acids is 1. The zero-order chi connectivity index (χ0) is 14.8. The van der Waals surface area contributed by atoms with Crippen molar-refractivity contribution in [2.75, 3.05) is 20.2 Å². The van der Waals surface area contributed by atoms with E-state index < -0.39 is 23.3 Å². The Hall–Kier alpha value is -1.27. The zero-order valence-corrected chi connectivity index (χ0v) is 12.3. The summed E-state index contributed by atoms with van der Waals surface area (Å²) in [6, 6.07) is 3.76. The van der Waals surface area contributed by atoms with Gasteiger partial charge >= 0.3 is 12.1 Å². The fourth-order valence-electron chi connectivity index (χ4n) is 2.50. The standard InChI is InChI=1S/C14H16F3NO2.ClH/c1-20-13(19)11-8-10(9-4-6-18-7-5-9)2-3-12(11)14(15,16)17;/h2-3,8-9,18H,4-7H2,1H3;1H. The number of piperidine rings is 1. The van der Waals surface area contributed by atoms with Gasteiger partial charge in [0.15, 0.2) is 0 Å². The molecule has 0 aliphatic carbocycles. The maximum absolute atomic E-state index is 12.9. The summed E-state index contributed by atoms with van der Waals surface area (Å²) in [6.07, 6.45) is -2.85. The average Bonchev–Trinajstić information content (AvgIpc) is 2.45. The van der Waals surface area contributed by atoms with Gasteiger partial charge in [-0.25, -0.2) is 4.79 Å². The Labute approximate surface area is 127 Å². The predicted molar refractivity (Wildman–Crippen MR) is 74.9 cm³/mol. The van der Waals surface area contributed by atoms with Crippen LogP contribution < -0.4 is 5.32 Å². The highest BCUT2D eigenvalue weighted by molar-refractivity contribution is 5.91. The third kappa shape index (κ3) is 4.11. The quantitative estimate of drug-likeness (QED) is 0.848. The van der Waals surface area contributed by atoms with E-state index in [-0.39, 0.29) is 18.3 Å². The first-order valence-electron chi connectivity index (χ1n) is 6.43. The van der Waals surface area contributed by atoms with Crippen LogP contribution in [0.1, 0.15) is 40.2 Å². The van der Waals surface area contributed by atoms with Crippen LogP contribution in [0.4, 0.5) is 13.2 Å². The molecule has 1 aromatic rings. The molecule has 0 bridgehead atoms. The molecule has 2 rings (SSSR count). The fourth-order valence-corrected chi connectivity index (χ4v) is 2.50. The normalized spacial score (nSPS) is 16.2. The second kappa shape index (κ2) is 7.13. The van der Waals surface area contributed by atoms with Gasteiger partial charge in [0, 0.05) is 0 Å². The molecule has 1 aliphatic heterocycles. The largest absolute Gasteiger partial charge is 0.465 e. The third-order valence-electron chi connectivity index (χ3n) is 3.56. The second-order valence-corrected chi connectivity index (χ2v) is 4.82. The molecule has 1 saturated heterocycles. The van der Waals surface area contributed by atoms with Crippen LogP contribution in [-0.4, -0.2) is 26.2 Å². The molecule has 0 aromatic heterocycles. The summed E-state index contributed by atoms with van der Waals surface area (Å²) in [4.78, 5) is 11.6. The van der Waals surface area contributed by atoms with Gasteiger partial charge in [-0.1, -0.05) is 6.07 Å². The third-order valence-corrected chi connectivity index (χ3v) is 3.56. The molecule has 0 spiro atoms. The Morgan fingerprint density at radius 1 is 1.29 bits per heavy atom. The number of ether oxygens (including phenoxy) is 1. The molecule has 118 valence electrons. The Morgan fingerprint density at radius 2 is 1.90 bits per heavy atom. The maximum Gasteiger partial charge on any atom is 0.417 e. The van der Waals surface area contributed by atoms with Crippen LogP contribution in [0.3, 0.4) is 0 Å². The number of nitrogens with one attached hydrogen (secondary N) is 1. The molecule has 7 heteroatoms. The zero-order valence-electron chi connectivity index (χ0n) is 11.5. The lowest BCUT2D eigenvalue weighted by molar-refractivity contribution is -0.138. The van der Waals surface area contributed by atoms with Crippen molar-refractivity contribution < 1.29 is 22.7 Å². The summed E-state index contributed by atoms with van der Waals surface area (Å²) in [6.45, 7) is 1.67. The van der Waals surface area contributed by atoms with Gasteiger partial charge in [0.1, 0.15) is 0 Å². The number of hydrogen-bond acceptors (Lipinski definition) is 3. The number of esters is 1. The summed E-state index contributed by atoms with van der Waals surface area (Å²) < 4.78 is 43.2. The van der Waals surface area contributed by atoms with Crippen LogP contribution in [0.2, 0.25) is 0 Å². The topological polar surface area (TPSA) is 38.3 Å². The number of benzene rings is 1. The van der Waals surface area contributed by atoms with Crippen LogP contribution in [0.5, 0.6) is 0 Å². The number of carbonyl (C=O) groups is 1. The van der Waals surface area contributed by atoms with Crippen LogP contribution in [-0.2, 0) is 10.9 Å². The van der Waals surface area contributed by atoms with Crippen molar-refractivity contribution in [2.24, 2.45) is 0 Å². The van der Waals surface area contributed by atoms with Crippen molar-refractivity contribution in [1.82, 2.24) is 5.32 Å². The first-order chi connectivity index (χ1) is 9.43. The highest BCUT2D eigenvalue weighted by atomic mass is 35.5. The van der Waals surface area contributed by atoms with Gasteiger partial charge in [0.2, 0.25) is 0 Å². The molecule has 0 saturated carbocycles. The SMILES string of the molecule is COC(=O)c1cc(C2CCNCC2)ccc1C(F)(F)F.Cl. The summed E-state index contributed by atoms with van der Waals surface area (Å²) in [7, 11) is 1.08. The molecule has 1 fully saturated rings. The number of hydrogen-bond donors (Lipinski definition) is 1. The molecule has 0 amide bonds. The molecular formula is C14H17ClF3NO2. The average molecular weight is 324 g/mol. The van der Waals surface area contributed by atoms with Gasteiger partial charge < -0.3 is 10.1 Å². The fraction of sp³-hybridized carbons (Fsp3) is 0.500. The van der Waals surface area contributed by atoms with E-state index in [0.29, 0.717) is 0 Å². The van der Waals surface area contributed by atoms with E-state index >= 15 is 0 Å². The first kappa shape index (κ1) is 17.8. The molecule has 1 heterocycles. The van der Waals surface area contributed by atoms with Gasteiger partial charge in [-0.15, -0.1) is 12.4 Å². The van der Waals surface area contributed by atoms with Gasteiger partial charge in [-0.2, -0.15) is 13.2 Å². The molecule has 0 atom stereocenters. The van der Waals surface area contributed by atoms with Crippen molar-refractivity contribution >= 4 is 18.4 Å². The Balaban J connectivity index is 0.00000220. The molecule has 0 unspecified atom stereocenters. The van der Waals surface area contributed by atoms with E-state index in [1.165, 1.54) is 12.1 Å². The van der Waals surface area contributed by atoms with Crippen LogP contribution in [0.25, 0.3) is 0 Å². The molecule has 1 aliphatic rings. The van der Waals surface area contributed by atoms with E-state index in [4.69, 9.17) is 0 Å². The minimum Gasteiger partial charge on any atom is -0.465 e. The van der Waals surface area contributed by atoms with Gasteiger partial charge in [0.05, 0.1) is 18.2 Å². The Kier molecular flexibility index (Phi) is 6.04. The second-order valence-electron chi connectivity index (χ2n) is 4.82. The molecular weight excluding hydrogens is 307 g/mol. The highest BCUT2D eigenvalue weighted by Crippen LogP contribution is 2.35. The number of rotatable bonds is 2. The van der Waals surface area contributed by atoms with E-state index in [2.05, 4.69) is 10.1 Å². The minimum atomic E-state index is -4.56. The van der Waals surface area contributed by atoms with Gasteiger partial charge in [-0.3, -0.25) is 0 Å².